The van der Waals surface area contributed by atoms with Crippen LogP contribution in [0.5, 0.6) is 0 Å². The molecule has 0 bridgehead atoms. The van der Waals surface area contributed by atoms with Crippen LogP contribution in [0.25, 0.3) is 5.57 Å². The van der Waals surface area contributed by atoms with E-state index in [1.807, 2.05) is 36.5 Å². The van der Waals surface area contributed by atoms with Gasteiger partial charge in [-0.25, -0.2) is 5.01 Å². The SMILES string of the molecule is CC1=NN2C(=NNC2CC2=CC3C=C(c4cnn(CCN5CCCC5)c4)C=NC3C=C2)C=C1. The zero-order valence-corrected chi connectivity index (χ0v) is 19.0. The maximum absolute atomic E-state index is 4.82. The number of allylic oxidation sites excluding steroid dienone is 3. The molecule has 0 saturated carbocycles. The Balaban J connectivity index is 1.12. The molecule has 0 aromatic carbocycles. The Hall–Kier alpha value is -3.26. The Morgan fingerprint density at radius 2 is 2.00 bits per heavy atom. The Kier molecular flexibility index (Phi) is 5.30. The first-order valence-corrected chi connectivity index (χ1v) is 12.0. The van der Waals surface area contributed by atoms with E-state index in [0.29, 0.717) is 0 Å². The van der Waals surface area contributed by atoms with E-state index >= 15 is 0 Å². The second kappa shape index (κ2) is 8.59. The summed E-state index contributed by atoms with van der Waals surface area (Å²) in [7, 11) is 0. The summed E-state index contributed by atoms with van der Waals surface area (Å²) in [5.41, 5.74) is 7.80. The third kappa shape index (κ3) is 4.23. The zero-order valence-electron chi connectivity index (χ0n) is 19.0. The number of fused-ring (bicyclic) bond motifs is 2. The van der Waals surface area contributed by atoms with Crippen LogP contribution in [0.3, 0.4) is 0 Å². The van der Waals surface area contributed by atoms with Crippen molar-refractivity contribution >= 4 is 23.3 Å². The van der Waals surface area contributed by atoms with E-state index in [-0.39, 0.29) is 18.1 Å². The predicted molar refractivity (Wildman–Crippen MR) is 132 cm³/mol. The molecule has 4 aliphatic heterocycles. The highest BCUT2D eigenvalue weighted by atomic mass is 15.6. The summed E-state index contributed by atoms with van der Waals surface area (Å²) in [5, 5.41) is 15.6. The molecule has 33 heavy (non-hydrogen) atoms. The summed E-state index contributed by atoms with van der Waals surface area (Å²) < 4.78 is 2.06. The van der Waals surface area contributed by atoms with Gasteiger partial charge in [0.25, 0.3) is 0 Å². The Labute approximate surface area is 194 Å². The van der Waals surface area contributed by atoms with Crippen LogP contribution < -0.4 is 5.43 Å². The summed E-state index contributed by atoms with van der Waals surface area (Å²) in [6.07, 6.45) is 22.7. The molecule has 8 nitrogen and oxygen atoms in total. The van der Waals surface area contributed by atoms with E-state index in [1.165, 1.54) is 31.5 Å². The van der Waals surface area contributed by atoms with Gasteiger partial charge in [-0.1, -0.05) is 24.3 Å². The fraction of sp³-hybridized carbons (Fsp3) is 0.440. The Bertz CT molecular complexity index is 1130. The molecule has 0 spiro atoms. The first kappa shape index (κ1) is 20.4. The van der Waals surface area contributed by atoms with Crippen LogP contribution >= 0.6 is 0 Å². The van der Waals surface area contributed by atoms with Crippen molar-refractivity contribution in [1.82, 2.24) is 25.1 Å². The van der Waals surface area contributed by atoms with Gasteiger partial charge in [-0.05, 0) is 56.2 Å². The van der Waals surface area contributed by atoms with Crippen molar-refractivity contribution in [2.45, 2.75) is 44.9 Å². The third-order valence-electron chi connectivity index (χ3n) is 6.90. The fourth-order valence-corrected chi connectivity index (χ4v) is 5.05. The summed E-state index contributed by atoms with van der Waals surface area (Å²) in [6.45, 7) is 6.47. The van der Waals surface area contributed by atoms with Gasteiger partial charge in [-0.3, -0.25) is 15.1 Å². The molecule has 5 aliphatic rings. The second-order valence-electron chi connectivity index (χ2n) is 9.35. The highest BCUT2D eigenvalue weighted by molar-refractivity contribution is 6.10. The predicted octanol–water partition coefficient (Wildman–Crippen LogP) is 2.81. The number of hydrogen-bond acceptors (Lipinski definition) is 7. The number of aromatic nitrogens is 2. The number of nitrogens with one attached hydrogen (secondary N) is 1. The largest absolute Gasteiger partial charge is 0.301 e. The van der Waals surface area contributed by atoms with Gasteiger partial charge >= 0.3 is 0 Å². The van der Waals surface area contributed by atoms with Crippen molar-refractivity contribution in [2.75, 3.05) is 19.6 Å². The minimum absolute atomic E-state index is 0.0386. The molecule has 6 rings (SSSR count). The van der Waals surface area contributed by atoms with Crippen molar-refractivity contribution < 1.29 is 0 Å². The monoisotopic (exact) mass is 442 g/mol. The van der Waals surface area contributed by atoms with Crippen LogP contribution in [-0.4, -0.2) is 69.3 Å². The average molecular weight is 443 g/mol. The molecule has 3 atom stereocenters. The van der Waals surface area contributed by atoms with E-state index in [9.17, 15) is 0 Å². The third-order valence-corrected chi connectivity index (χ3v) is 6.90. The smallest absolute Gasteiger partial charge is 0.170 e. The molecule has 0 amide bonds. The van der Waals surface area contributed by atoms with E-state index in [0.717, 1.165) is 42.2 Å². The van der Waals surface area contributed by atoms with E-state index in [4.69, 9.17) is 4.99 Å². The lowest BCUT2D eigenvalue weighted by molar-refractivity contribution is 0.310. The molecule has 1 fully saturated rings. The van der Waals surface area contributed by atoms with Gasteiger partial charge in [-0.15, -0.1) is 0 Å². The average Bonchev–Trinajstić information content (AvgIpc) is 3.59. The van der Waals surface area contributed by atoms with Crippen molar-refractivity contribution in [1.29, 1.82) is 0 Å². The maximum atomic E-state index is 4.82. The van der Waals surface area contributed by atoms with Crippen molar-refractivity contribution in [2.24, 2.45) is 21.1 Å². The lowest BCUT2D eigenvalue weighted by atomic mass is 9.86. The molecular weight excluding hydrogens is 412 g/mol. The second-order valence-corrected chi connectivity index (χ2v) is 9.35. The molecule has 0 radical (unpaired) electrons. The number of dihydropyridines is 1. The number of likely N-dealkylation sites (tertiary alicyclic amines) is 1. The van der Waals surface area contributed by atoms with Crippen LogP contribution in [0, 0.1) is 5.92 Å². The standard InChI is InChI=1S/C25H30N8/c1-18-4-7-24-28-29-25(33(24)30-18)13-19-5-6-23-20(12-19)14-21(15-26-23)22-16-27-32(17-22)11-10-31-8-2-3-9-31/h4-7,12,14-17,20,23,25,29H,2-3,8-11,13H2,1H3. The number of hydrogen-bond donors (Lipinski definition) is 1. The van der Waals surface area contributed by atoms with Crippen LogP contribution in [0.1, 0.15) is 31.7 Å². The Morgan fingerprint density at radius 3 is 2.91 bits per heavy atom. The van der Waals surface area contributed by atoms with Crippen molar-refractivity contribution in [3.05, 3.63) is 60.0 Å². The summed E-state index contributed by atoms with van der Waals surface area (Å²) in [5.74, 6) is 1.13. The van der Waals surface area contributed by atoms with Crippen molar-refractivity contribution in [3.63, 3.8) is 0 Å². The molecule has 1 aromatic heterocycles. The first-order valence-electron chi connectivity index (χ1n) is 12.0. The minimum Gasteiger partial charge on any atom is -0.301 e. The van der Waals surface area contributed by atoms with Gasteiger partial charge in [-0.2, -0.15) is 15.3 Å². The van der Waals surface area contributed by atoms with Gasteiger partial charge in [0.2, 0.25) is 0 Å². The van der Waals surface area contributed by atoms with Crippen LogP contribution in [0.2, 0.25) is 0 Å². The Morgan fingerprint density at radius 1 is 1.09 bits per heavy atom. The number of aliphatic imine (C=N–C) groups is 1. The van der Waals surface area contributed by atoms with Crippen LogP contribution in [0.15, 0.2) is 69.6 Å². The normalized spacial score (nSPS) is 28.2. The summed E-state index contributed by atoms with van der Waals surface area (Å²) >= 11 is 0. The first-order chi connectivity index (χ1) is 16.2. The molecule has 170 valence electrons. The molecule has 8 heteroatoms. The van der Waals surface area contributed by atoms with Gasteiger partial charge in [0.1, 0.15) is 6.17 Å². The number of rotatable bonds is 6. The molecule has 1 aliphatic carbocycles. The summed E-state index contributed by atoms with van der Waals surface area (Å²) in [4.78, 5) is 7.34. The number of hydrazone groups is 2. The fourth-order valence-electron chi connectivity index (χ4n) is 5.05. The number of amidine groups is 1. The molecule has 1 N–H and O–H groups in total. The minimum atomic E-state index is 0.0386. The molecular formula is C25H30N8. The van der Waals surface area contributed by atoms with E-state index < -0.39 is 0 Å². The molecule has 3 unspecified atom stereocenters. The lowest BCUT2D eigenvalue weighted by Crippen LogP contribution is -2.38. The molecule has 5 heterocycles. The number of nitrogens with zero attached hydrogens (tertiary/aromatic N) is 7. The lowest BCUT2D eigenvalue weighted by Gasteiger charge is -2.27. The van der Waals surface area contributed by atoms with Gasteiger partial charge in [0.05, 0.1) is 24.5 Å². The van der Waals surface area contributed by atoms with Crippen molar-refractivity contribution in [3.8, 4) is 0 Å². The van der Waals surface area contributed by atoms with E-state index in [2.05, 4.69) is 60.8 Å². The zero-order chi connectivity index (χ0) is 22.2. The maximum Gasteiger partial charge on any atom is 0.170 e. The highest BCUT2D eigenvalue weighted by Crippen LogP contribution is 2.31. The van der Waals surface area contributed by atoms with E-state index in [1.54, 1.807) is 0 Å². The quantitative estimate of drug-likeness (QED) is 0.735. The summed E-state index contributed by atoms with van der Waals surface area (Å²) in [6, 6.07) is 0.171. The van der Waals surface area contributed by atoms with Gasteiger partial charge < -0.3 is 4.90 Å². The topological polar surface area (TPSA) is 73.4 Å². The molecule has 1 saturated heterocycles. The van der Waals surface area contributed by atoms with Crippen LogP contribution in [0.4, 0.5) is 0 Å². The van der Waals surface area contributed by atoms with Gasteiger partial charge in [0, 0.05) is 36.9 Å². The highest BCUT2D eigenvalue weighted by Gasteiger charge is 2.30. The molecule has 1 aromatic rings. The van der Waals surface area contributed by atoms with Gasteiger partial charge in [0.15, 0.2) is 5.84 Å². The van der Waals surface area contributed by atoms with Crippen LogP contribution in [-0.2, 0) is 6.54 Å².